The smallest absolute Gasteiger partial charge is 0.257 e. The van der Waals surface area contributed by atoms with Crippen LogP contribution in [0.3, 0.4) is 0 Å². The zero-order valence-electron chi connectivity index (χ0n) is 21.7. The number of pyridine rings is 1. The van der Waals surface area contributed by atoms with Crippen LogP contribution in [-0.4, -0.2) is 75.9 Å². The van der Waals surface area contributed by atoms with Gasteiger partial charge in [0.15, 0.2) is 0 Å². The lowest BCUT2D eigenvalue weighted by Crippen LogP contribution is -2.41. The van der Waals surface area contributed by atoms with Gasteiger partial charge in [-0.3, -0.25) is 14.7 Å². The van der Waals surface area contributed by atoms with Gasteiger partial charge in [-0.1, -0.05) is 24.6 Å². The second-order valence-corrected chi connectivity index (χ2v) is 10.4. The van der Waals surface area contributed by atoms with Crippen LogP contribution in [0.5, 0.6) is 5.75 Å². The number of nitrogens with zero attached hydrogens (tertiary/aromatic N) is 3. The molecule has 36 heavy (non-hydrogen) atoms. The molecule has 0 unspecified atom stereocenters. The highest BCUT2D eigenvalue weighted by atomic mass is 16.5. The number of aliphatic hydroxyl groups is 2. The van der Waals surface area contributed by atoms with Crippen LogP contribution >= 0.6 is 0 Å². The van der Waals surface area contributed by atoms with Gasteiger partial charge in [-0.2, -0.15) is 0 Å². The molecule has 0 spiro atoms. The van der Waals surface area contributed by atoms with Gasteiger partial charge in [-0.25, -0.2) is 0 Å². The quantitative estimate of drug-likeness (QED) is 0.672. The van der Waals surface area contributed by atoms with Crippen LogP contribution in [-0.2, 0) is 13.0 Å². The van der Waals surface area contributed by atoms with Crippen LogP contribution in [0.4, 0.5) is 0 Å². The lowest BCUT2D eigenvalue weighted by Gasteiger charge is -2.35. The van der Waals surface area contributed by atoms with E-state index >= 15 is 0 Å². The number of hydrogen-bond acceptors (Lipinski definition) is 6. The van der Waals surface area contributed by atoms with Crippen molar-refractivity contribution < 1.29 is 19.7 Å². The minimum atomic E-state index is -1.04. The van der Waals surface area contributed by atoms with E-state index in [0.717, 1.165) is 74.9 Å². The third kappa shape index (κ3) is 6.64. The molecule has 1 aromatic carbocycles. The molecule has 0 radical (unpaired) electrons. The first-order valence-corrected chi connectivity index (χ1v) is 13.4. The molecule has 7 nitrogen and oxygen atoms in total. The molecule has 1 amide bonds. The van der Waals surface area contributed by atoms with Crippen molar-refractivity contribution in [1.29, 1.82) is 0 Å². The summed E-state index contributed by atoms with van der Waals surface area (Å²) >= 11 is 0. The summed E-state index contributed by atoms with van der Waals surface area (Å²) in [5, 5.41) is 21.4. The van der Waals surface area contributed by atoms with Gasteiger partial charge in [0, 0.05) is 32.4 Å². The highest BCUT2D eigenvalue weighted by molar-refractivity contribution is 5.97. The molecule has 2 aromatic rings. The summed E-state index contributed by atoms with van der Waals surface area (Å²) in [6.45, 7) is 4.33. The Balaban J connectivity index is 1.48. The predicted molar refractivity (Wildman–Crippen MR) is 140 cm³/mol. The highest BCUT2D eigenvalue weighted by Gasteiger charge is 2.29. The molecule has 4 rings (SSSR count). The third-order valence-electron chi connectivity index (χ3n) is 7.77. The van der Waals surface area contributed by atoms with Crippen LogP contribution in [0.2, 0.25) is 0 Å². The zero-order valence-corrected chi connectivity index (χ0v) is 21.7. The Hall–Kier alpha value is -2.48. The molecule has 0 bridgehead atoms. The number of hydrogen-bond donors (Lipinski definition) is 2. The molecule has 2 heterocycles. The first kappa shape index (κ1) is 26.6. The Morgan fingerprint density at radius 3 is 2.64 bits per heavy atom. The summed E-state index contributed by atoms with van der Waals surface area (Å²) in [5.74, 6) is 0.525. The summed E-state index contributed by atoms with van der Waals surface area (Å²) in [5.41, 5.74) is 3.75. The summed E-state index contributed by atoms with van der Waals surface area (Å²) < 4.78 is 6.11. The zero-order chi connectivity index (χ0) is 25.5. The van der Waals surface area contributed by atoms with Crippen LogP contribution < -0.4 is 4.74 Å². The lowest BCUT2D eigenvalue weighted by atomic mass is 9.91. The fraction of sp³-hybridized carbons (Fsp3) is 0.586. The Morgan fingerprint density at radius 1 is 1.06 bits per heavy atom. The van der Waals surface area contributed by atoms with Gasteiger partial charge in [0.25, 0.3) is 5.91 Å². The standard InChI is InChI=1S/C29H41N3O4/c1-21-9-8-16-30-25(21)19-32-17-5-3-4-10-22-11-6-14-24(29(35)31(2)23-12-7-13-23)28(22)36-20-27(34)26(33)15-18-32/h6,8-9,11,14,16,23,26-27,33-34H,3-5,7,10,12-13,15,17-20H2,1-2H3/t26-,27+/m0/s1. The second-order valence-electron chi connectivity index (χ2n) is 10.4. The summed E-state index contributed by atoms with van der Waals surface area (Å²) in [4.78, 5) is 22.0. The number of para-hydroxylation sites is 1. The van der Waals surface area contributed by atoms with Crippen LogP contribution in [0, 0.1) is 6.92 Å². The second kappa shape index (κ2) is 12.7. The molecule has 1 saturated carbocycles. The van der Waals surface area contributed by atoms with Crippen molar-refractivity contribution in [3.05, 3.63) is 58.9 Å². The number of aromatic nitrogens is 1. The van der Waals surface area contributed by atoms with Crippen molar-refractivity contribution >= 4 is 5.91 Å². The Bertz CT molecular complexity index is 1010. The Labute approximate surface area is 215 Å². The van der Waals surface area contributed by atoms with E-state index in [1.54, 1.807) is 0 Å². The number of amides is 1. The van der Waals surface area contributed by atoms with E-state index in [4.69, 9.17) is 4.74 Å². The molecular weight excluding hydrogens is 454 g/mol. The van der Waals surface area contributed by atoms with E-state index < -0.39 is 12.2 Å². The van der Waals surface area contributed by atoms with Crippen molar-refractivity contribution in [2.24, 2.45) is 0 Å². The van der Waals surface area contributed by atoms with Crippen LogP contribution in [0.15, 0.2) is 36.5 Å². The number of carbonyl (C=O) groups excluding carboxylic acids is 1. The molecule has 2 aliphatic rings. The van der Waals surface area contributed by atoms with E-state index in [2.05, 4.69) is 22.9 Å². The van der Waals surface area contributed by atoms with Crippen molar-refractivity contribution in [3.63, 3.8) is 0 Å². The van der Waals surface area contributed by atoms with E-state index in [0.29, 0.717) is 24.3 Å². The molecule has 0 saturated heterocycles. The molecule has 1 aliphatic heterocycles. The molecule has 196 valence electrons. The van der Waals surface area contributed by atoms with Gasteiger partial charge in [0.05, 0.1) is 17.4 Å². The predicted octanol–water partition coefficient (Wildman–Crippen LogP) is 3.73. The average Bonchev–Trinajstić information content (AvgIpc) is 2.84. The number of carbonyl (C=O) groups is 1. The van der Waals surface area contributed by atoms with E-state index in [-0.39, 0.29) is 18.6 Å². The van der Waals surface area contributed by atoms with Gasteiger partial charge >= 0.3 is 0 Å². The average molecular weight is 496 g/mol. The molecule has 2 N–H and O–H groups in total. The number of aliphatic hydroxyl groups excluding tert-OH is 2. The molecule has 1 aromatic heterocycles. The van der Waals surface area contributed by atoms with Crippen LogP contribution in [0.1, 0.15) is 72.1 Å². The molecular formula is C29H41N3O4. The van der Waals surface area contributed by atoms with E-state index in [1.165, 1.54) is 0 Å². The normalized spacial score (nSPS) is 22.6. The van der Waals surface area contributed by atoms with Gasteiger partial charge in [-0.15, -0.1) is 0 Å². The molecule has 1 fully saturated rings. The maximum absolute atomic E-state index is 13.3. The van der Waals surface area contributed by atoms with Crippen molar-refractivity contribution in [2.45, 2.75) is 83.1 Å². The Kier molecular flexibility index (Phi) is 9.35. The summed E-state index contributed by atoms with van der Waals surface area (Å²) in [6.07, 6.45) is 7.45. The van der Waals surface area contributed by atoms with Gasteiger partial charge < -0.3 is 19.8 Å². The lowest BCUT2D eigenvalue weighted by molar-refractivity contribution is -0.0165. The summed E-state index contributed by atoms with van der Waals surface area (Å²) in [6, 6.07) is 10.1. The first-order chi connectivity index (χ1) is 17.4. The minimum absolute atomic E-state index is 0.0341. The number of benzene rings is 1. The van der Waals surface area contributed by atoms with E-state index in [9.17, 15) is 15.0 Å². The fourth-order valence-corrected chi connectivity index (χ4v) is 5.03. The van der Waals surface area contributed by atoms with Gasteiger partial charge in [0.1, 0.15) is 18.5 Å². The van der Waals surface area contributed by atoms with Crippen LogP contribution in [0.25, 0.3) is 0 Å². The number of ether oxygens (including phenoxy) is 1. The number of aryl methyl sites for hydroxylation is 2. The maximum Gasteiger partial charge on any atom is 0.257 e. The van der Waals surface area contributed by atoms with Gasteiger partial charge in [0.2, 0.25) is 0 Å². The largest absolute Gasteiger partial charge is 0.490 e. The van der Waals surface area contributed by atoms with Crippen molar-refractivity contribution in [1.82, 2.24) is 14.8 Å². The maximum atomic E-state index is 13.3. The minimum Gasteiger partial charge on any atom is -0.490 e. The van der Waals surface area contributed by atoms with Crippen molar-refractivity contribution in [3.8, 4) is 5.75 Å². The number of fused-ring (bicyclic) bond motifs is 1. The topological polar surface area (TPSA) is 86.1 Å². The fourth-order valence-electron chi connectivity index (χ4n) is 5.03. The first-order valence-electron chi connectivity index (χ1n) is 13.4. The van der Waals surface area contributed by atoms with Gasteiger partial charge in [-0.05, 0) is 81.7 Å². The monoisotopic (exact) mass is 495 g/mol. The molecule has 7 heteroatoms. The highest BCUT2D eigenvalue weighted by Crippen LogP contribution is 2.31. The van der Waals surface area contributed by atoms with E-state index in [1.807, 2.05) is 42.4 Å². The third-order valence-corrected chi connectivity index (χ3v) is 7.77. The Morgan fingerprint density at radius 2 is 1.89 bits per heavy atom. The summed E-state index contributed by atoms with van der Waals surface area (Å²) in [7, 11) is 1.87. The SMILES string of the molecule is Cc1cccnc1CN1CCCCCc2cccc(C(=O)N(C)C3CCC3)c2OC[C@@H](O)[C@@H](O)CC1. The number of rotatable bonds is 4. The molecule has 1 aliphatic carbocycles. The molecule has 2 atom stereocenters. The van der Waals surface area contributed by atoms with Crippen molar-refractivity contribution in [2.75, 3.05) is 26.7 Å².